The molecule has 16 heavy (non-hydrogen) atoms. The Morgan fingerprint density at radius 3 is 2.81 bits per heavy atom. The maximum absolute atomic E-state index is 11.9. The van der Waals surface area contributed by atoms with Gasteiger partial charge >= 0.3 is 0 Å². The highest BCUT2D eigenvalue weighted by Gasteiger charge is 2.27. The lowest BCUT2D eigenvalue weighted by molar-refractivity contribution is -0.119. The predicted octanol–water partition coefficient (Wildman–Crippen LogP) is 2.76. The Hall–Kier alpha value is -1.38. The summed E-state index contributed by atoms with van der Waals surface area (Å²) in [6, 6.07) is 3.81. The molecule has 3 heteroatoms. The van der Waals surface area contributed by atoms with Crippen molar-refractivity contribution in [2.75, 3.05) is 5.32 Å². The molecule has 0 aromatic carbocycles. The van der Waals surface area contributed by atoms with E-state index < -0.39 is 0 Å². The Bertz CT molecular complexity index is 372. The molecular weight excluding hydrogens is 200 g/mol. The summed E-state index contributed by atoms with van der Waals surface area (Å²) in [6.07, 6.45) is 4.96. The Morgan fingerprint density at radius 2 is 2.25 bits per heavy atom. The van der Waals surface area contributed by atoms with Gasteiger partial charge in [0.2, 0.25) is 5.91 Å². The summed E-state index contributed by atoms with van der Waals surface area (Å²) in [7, 11) is 0. The largest absolute Gasteiger partial charge is 0.310 e. The van der Waals surface area contributed by atoms with Crippen LogP contribution in [0.2, 0.25) is 0 Å². The first-order valence-electron chi connectivity index (χ1n) is 5.88. The van der Waals surface area contributed by atoms with Crippen molar-refractivity contribution in [3.05, 3.63) is 23.9 Å². The summed E-state index contributed by atoms with van der Waals surface area (Å²) < 4.78 is 0. The van der Waals surface area contributed by atoms with Crippen molar-refractivity contribution in [3.8, 4) is 0 Å². The lowest BCUT2D eigenvalue weighted by atomic mass is 10.1. The molecule has 2 rings (SSSR count). The van der Waals surface area contributed by atoms with E-state index in [1.807, 2.05) is 19.1 Å². The molecule has 0 saturated heterocycles. The molecule has 1 saturated carbocycles. The first-order valence-corrected chi connectivity index (χ1v) is 5.88. The van der Waals surface area contributed by atoms with Gasteiger partial charge in [-0.05, 0) is 43.7 Å². The van der Waals surface area contributed by atoms with Gasteiger partial charge in [0.1, 0.15) is 5.82 Å². The van der Waals surface area contributed by atoms with E-state index in [9.17, 15) is 4.79 Å². The Balaban J connectivity index is 1.94. The van der Waals surface area contributed by atoms with E-state index in [4.69, 9.17) is 0 Å². The van der Waals surface area contributed by atoms with Gasteiger partial charge in [-0.15, -0.1) is 0 Å². The Labute approximate surface area is 96.3 Å². The summed E-state index contributed by atoms with van der Waals surface area (Å²) >= 11 is 0. The van der Waals surface area contributed by atoms with Gasteiger partial charge in [0.15, 0.2) is 0 Å². The minimum Gasteiger partial charge on any atom is -0.310 e. The summed E-state index contributed by atoms with van der Waals surface area (Å²) in [5, 5.41) is 2.88. The minimum atomic E-state index is 0.126. The number of pyridine rings is 1. The van der Waals surface area contributed by atoms with Crippen molar-refractivity contribution < 1.29 is 4.79 Å². The number of nitrogens with one attached hydrogen (secondary N) is 1. The quantitative estimate of drug-likeness (QED) is 0.829. The van der Waals surface area contributed by atoms with Crippen molar-refractivity contribution in [2.24, 2.45) is 11.8 Å². The topological polar surface area (TPSA) is 42.0 Å². The van der Waals surface area contributed by atoms with Gasteiger partial charge in [-0.25, -0.2) is 4.98 Å². The molecule has 2 atom stereocenters. The van der Waals surface area contributed by atoms with Crippen LogP contribution in [0.15, 0.2) is 18.3 Å². The molecule has 3 nitrogen and oxygen atoms in total. The number of aryl methyl sites for hydroxylation is 1. The summed E-state index contributed by atoms with van der Waals surface area (Å²) in [4.78, 5) is 16.1. The third-order valence-corrected chi connectivity index (χ3v) is 3.23. The molecule has 1 fully saturated rings. The molecule has 0 spiro atoms. The van der Waals surface area contributed by atoms with Crippen LogP contribution in [0, 0.1) is 18.8 Å². The molecule has 86 valence electrons. The van der Waals surface area contributed by atoms with E-state index in [1.165, 1.54) is 6.42 Å². The number of hydrogen-bond acceptors (Lipinski definition) is 2. The van der Waals surface area contributed by atoms with Crippen LogP contribution in [0.25, 0.3) is 0 Å². The van der Waals surface area contributed by atoms with E-state index >= 15 is 0 Å². The second kappa shape index (κ2) is 4.64. The zero-order valence-corrected chi connectivity index (χ0v) is 9.86. The van der Waals surface area contributed by atoms with Crippen LogP contribution in [0.3, 0.4) is 0 Å². The summed E-state index contributed by atoms with van der Waals surface area (Å²) in [6.45, 7) is 4.19. The van der Waals surface area contributed by atoms with Crippen LogP contribution in [-0.4, -0.2) is 10.9 Å². The molecule has 0 unspecified atom stereocenters. The van der Waals surface area contributed by atoms with E-state index in [1.54, 1.807) is 6.20 Å². The lowest BCUT2D eigenvalue weighted by Gasteiger charge is -2.10. The molecular formula is C13H18N2O. The van der Waals surface area contributed by atoms with Gasteiger partial charge < -0.3 is 5.32 Å². The van der Waals surface area contributed by atoms with Crippen LogP contribution >= 0.6 is 0 Å². The number of nitrogens with zero attached hydrogens (tertiary/aromatic N) is 1. The fourth-order valence-electron chi connectivity index (χ4n) is 2.22. The lowest BCUT2D eigenvalue weighted by Crippen LogP contribution is -2.21. The average molecular weight is 218 g/mol. The highest BCUT2D eigenvalue weighted by molar-refractivity contribution is 5.91. The number of carbonyl (C=O) groups is 1. The van der Waals surface area contributed by atoms with Gasteiger partial charge in [0, 0.05) is 12.1 Å². The molecule has 1 N–H and O–H groups in total. The number of carbonyl (C=O) groups excluding carboxylic acids is 1. The summed E-state index contributed by atoms with van der Waals surface area (Å²) in [5.74, 6) is 1.65. The molecule has 1 aromatic rings. The molecule has 0 bridgehead atoms. The molecule has 1 amide bonds. The first-order chi connectivity index (χ1) is 7.65. The van der Waals surface area contributed by atoms with Crippen molar-refractivity contribution in [1.29, 1.82) is 0 Å². The highest BCUT2D eigenvalue weighted by Crippen LogP contribution is 2.30. The Kier molecular flexibility index (Phi) is 3.22. The van der Waals surface area contributed by atoms with Gasteiger partial charge in [-0.1, -0.05) is 13.0 Å². The van der Waals surface area contributed by atoms with Gasteiger partial charge in [0.25, 0.3) is 0 Å². The van der Waals surface area contributed by atoms with E-state index in [-0.39, 0.29) is 11.8 Å². The first kappa shape index (κ1) is 11.1. The molecule has 1 heterocycles. The third-order valence-electron chi connectivity index (χ3n) is 3.23. The number of anilines is 1. The fourth-order valence-corrected chi connectivity index (χ4v) is 2.22. The second-order valence-electron chi connectivity index (χ2n) is 4.83. The van der Waals surface area contributed by atoms with Crippen LogP contribution < -0.4 is 5.32 Å². The monoisotopic (exact) mass is 218 g/mol. The average Bonchev–Trinajstić information content (AvgIpc) is 2.68. The standard InChI is InChI=1S/C13H18N2O/c1-9-3-5-11(7-9)13(16)15-12-6-4-10(2)8-14-12/h4,6,8-9,11H,3,5,7H2,1-2H3,(H,14,15,16)/t9-,11+/m1/s1. The molecule has 1 aromatic heterocycles. The summed E-state index contributed by atoms with van der Waals surface area (Å²) in [5.41, 5.74) is 1.10. The van der Waals surface area contributed by atoms with Crippen LogP contribution in [0.5, 0.6) is 0 Å². The van der Waals surface area contributed by atoms with Crippen LogP contribution in [0.4, 0.5) is 5.82 Å². The van der Waals surface area contributed by atoms with Crippen molar-refractivity contribution in [3.63, 3.8) is 0 Å². The van der Waals surface area contributed by atoms with Crippen molar-refractivity contribution >= 4 is 11.7 Å². The van der Waals surface area contributed by atoms with E-state index in [0.717, 1.165) is 18.4 Å². The van der Waals surface area contributed by atoms with Gasteiger partial charge in [0.05, 0.1) is 0 Å². The van der Waals surface area contributed by atoms with Crippen molar-refractivity contribution in [1.82, 2.24) is 4.98 Å². The third kappa shape index (κ3) is 2.60. The maximum atomic E-state index is 11.9. The molecule has 1 aliphatic carbocycles. The minimum absolute atomic E-state index is 0.126. The van der Waals surface area contributed by atoms with E-state index in [0.29, 0.717) is 11.7 Å². The predicted molar refractivity (Wildman–Crippen MR) is 64.1 cm³/mol. The zero-order chi connectivity index (χ0) is 11.5. The molecule has 0 aliphatic heterocycles. The maximum Gasteiger partial charge on any atom is 0.228 e. The fraction of sp³-hybridized carbons (Fsp3) is 0.538. The molecule has 1 aliphatic rings. The number of aromatic nitrogens is 1. The Morgan fingerprint density at radius 1 is 1.44 bits per heavy atom. The van der Waals surface area contributed by atoms with Gasteiger partial charge in [-0.2, -0.15) is 0 Å². The van der Waals surface area contributed by atoms with Gasteiger partial charge in [-0.3, -0.25) is 4.79 Å². The van der Waals surface area contributed by atoms with Crippen LogP contribution in [-0.2, 0) is 4.79 Å². The number of hydrogen-bond donors (Lipinski definition) is 1. The number of amides is 1. The normalized spacial score (nSPS) is 24.4. The highest BCUT2D eigenvalue weighted by atomic mass is 16.1. The SMILES string of the molecule is Cc1ccc(NC(=O)[C@H]2CC[C@@H](C)C2)nc1. The second-order valence-corrected chi connectivity index (χ2v) is 4.83. The van der Waals surface area contributed by atoms with Crippen LogP contribution in [0.1, 0.15) is 31.7 Å². The molecule has 0 radical (unpaired) electrons. The smallest absolute Gasteiger partial charge is 0.228 e. The zero-order valence-electron chi connectivity index (χ0n) is 9.86. The number of rotatable bonds is 2. The van der Waals surface area contributed by atoms with Crippen molar-refractivity contribution in [2.45, 2.75) is 33.1 Å². The van der Waals surface area contributed by atoms with E-state index in [2.05, 4.69) is 17.2 Å².